The summed E-state index contributed by atoms with van der Waals surface area (Å²) in [6.45, 7) is 3.76. The van der Waals surface area contributed by atoms with Gasteiger partial charge in [-0.15, -0.1) is 0 Å². The summed E-state index contributed by atoms with van der Waals surface area (Å²) in [5.74, 6) is 0. The summed E-state index contributed by atoms with van der Waals surface area (Å²) in [7, 11) is 0. The molecule has 0 saturated carbocycles. The lowest BCUT2D eigenvalue weighted by atomic mass is 10.1. The Morgan fingerprint density at radius 1 is 1.67 bits per heavy atom. The summed E-state index contributed by atoms with van der Waals surface area (Å²) in [4.78, 5) is 4.17. The molecule has 0 aliphatic rings. The van der Waals surface area contributed by atoms with Crippen LogP contribution in [0.5, 0.6) is 0 Å². The van der Waals surface area contributed by atoms with Gasteiger partial charge in [0.05, 0.1) is 5.71 Å². The van der Waals surface area contributed by atoms with Crippen LogP contribution < -0.4 is 0 Å². The summed E-state index contributed by atoms with van der Waals surface area (Å²) in [5, 5.41) is 11.5. The highest BCUT2D eigenvalue weighted by Crippen LogP contribution is 2.04. The summed E-state index contributed by atoms with van der Waals surface area (Å²) < 4.78 is 0. The minimum atomic E-state index is 0.614. The van der Waals surface area contributed by atoms with Gasteiger partial charge in [-0.05, 0) is 25.5 Å². The van der Waals surface area contributed by atoms with Crippen LogP contribution in [0.3, 0.4) is 0 Å². The predicted molar refractivity (Wildman–Crippen MR) is 47.6 cm³/mol. The minimum absolute atomic E-state index is 0.614. The van der Waals surface area contributed by atoms with Crippen molar-refractivity contribution in [2.75, 3.05) is 0 Å². The first-order chi connectivity index (χ1) is 5.74. The van der Waals surface area contributed by atoms with Crippen LogP contribution >= 0.6 is 0 Å². The lowest BCUT2D eigenvalue weighted by molar-refractivity contribution is 0.317. The van der Waals surface area contributed by atoms with E-state index >= 15 is 0 Å². The first-order valence-electron chi connectivity index (χ1n) is 3.82. The fourth-order valence-corrected chi connectivity index (χ4v) is 0.981. The molecule has 0 aliphatic heterocycles. The van der Waals surface area contributed by atoms with Gasteiger partial charge >= 0.3 is 0 Å². The van der Waals surface area contributed by atoms with Crippen molar-refractivity contribution in [1.82, 2.24) is 4.98 Å². The Hall–Kier alpha value is -1.38. The summed E-state index contributed by atoms with van der Waals surface area (Å²) in [5.41, 5.74) is 2.77. The first-order valence-corrected chi connectivity index (χ1v) is 3.82. The summed E-state index contributed by atoms with van der Waals surface area (Å²) >= 11 is 0. The second-order valence-electron chi connectivity index (χ2n) is 2.78. The SMILES string of the molecule is CC(Cc1ncccc1C)=NO. The maximum atomic E-state index is 8.45. The molecule has 3 nitrogen and oxygen atoms in total. The van der Waals surface area contributed by atoms with Gasteiger partial charge in [0.1, 0.15) is 0 Å². The van der Waals surface area contributed by atoms with Crippen molar-refractivity contribution in [3.05, 3.63) is 29.6 Å². The van der Waals surface area contributed by atoms with E-state index in [0.717, 1.165) is 11.3 Å². The van der Waals surface area contributed by atoms with Gasteiger partial charge in [-0.3, -0.25) is 4.98 Å². The predicted octanol–water partition coefficient (Wildman–Crippen LogP) is 1.78. The van der Waals surface area contributed by atoms with Crippen molar-refractivity contribution in [3.8, 4) is 0 Å². The molecule has 0 unspecified atom stereocenters. The molecule has 0 atom stereocenters. The molecule has 0 saturated heterocycles. The second-order valence-corrected chi connectivity index (χ2v) is 2.78. The third-order valence-corrected chi connectivity index (χ3v) is 1.71. The van der Waals surface area contributed by atoms with Crippen LogP contribution in [-0.4, -0.2) is 15.9 Å². The number of nitrogens with zero attached hydrogens (tertiary/aromatic N) is 2. The van der Waals surface area contributed by atoms with Crippen LogP contribution in [0.1, 0.15) is 18.2 Å². The van der Waals surface area contributed by atoms with Gasteiger partial charge in [0.25, 0.3) is 0 Å². The first kappa shape index (κ1) is 8.71. The fourth-order valence-electron chi connectivity index (χ4n) is 0.981. The van der Waals surface area contributed by atoms with E-state index in [9.17, 15) is 0 Å². The third kappa shape index (κ3) is 2.05. The number of rotatable bonds is 2. The number of aryl methyl sites for hydroxylation is 1. The fraction of sp³-hybridized carbons (Fsp3) is 0.333. The maximum Gasteiger partial charge on any atom is 0.0599 e. The van der Waals surface area contributed by atoms with Gasteiger partial charge in [-0.2, -0.15) is 0 Å². The number of hydrogen-bond donors (Lipinski definition) is 1. The molecule has 64 valence electrons. The smallest absolute Gasteiger partial charge is 0.0599 e. The molecule has 0 aromatic carbocycles. The van der Waals surface area contributed by atoms with E-state index in [4.69, 9.17) is 5.21 Å². The molecule has 0 amide bonds. The van der Waals surface area contributed by atoms with E-state index in [-0.39, 0.29) is 0 Å². The zero-order chi connectivity index (χ0) is 8.97. The highest BCUT2D eigenvalue weighted by atomic mass is 16.4. The van der Waals surface area contributed by atoms with E-state index < -0.39 is 0 Å². The molecule has 1 rings (SSSR count). The van der Waals surface area contributed by atoms with Crippen molar-refractivity contribution in [2.24, 2.45) is 5.16 Å². The highest BCUT2D eigenvalue weighted by molar-refractivity contribution is 5.83. The van der Waals surface area contributed by atoms with Crippen molar-refractivity contribution in [2.45, 2.75) is 20.3 Å². The van der Waals surface area contributed by atoms with Crippen molar-refractivity contribution >= 4 is 5.71 Å². The quantitative estimate of drug-likeness (QED) is 0.411. The number of oxime groups is 1. The van der Waals surface area contributed by atoms with E-state index in [0.29, 0.717) is 12.1 Å². The van der Waals surface area contributed by atoms with Gasteiger partial charge in [0.2, 0.25) is 0 Å². The molecule has 1 aromatic heterocycles. The molecule has 0 fully saturated rings. The highest BCUT2D eigenvalue weighted by Gasteiger charge is 2.00. The Morgan fingerprint density at radius 3 is 3.00 bits per heavy atom. The second kappa shape index (κ2) is 3.85. The molecule has 1 aromatic rings. The van der Waals surface area contributed by atoms with Crippen LogP contribution in [0.4, 0.5) is 0 Å². The largest absolute Gasteiger partial charge is 0.411 e. The molecule has 1 heterocycles. The van der Waals surface area contributed by atoms with Gasteiger partial charge in [-0.1, -0.05) is 11.2 Å². The molecular weight excluding hydrogens is 152 g/mol. The van der Waals surface area contributed by atoms with Crippen LogP contribution in [0.2, 0.25) is 0 Å². The topological polar surface area (TPSA) is 45.5 Å². The van der Waals surface area contributed by atoms with Crippen LogP contribution in [0.25, 0.3) is 0 Å². The monoisotopic (exact) mass is 164 g/mol. The molecule has 0 radical (unpaired) electrons. The normalized spacial score (nSPS) is 11.7. The molecule has 3 heteroatoms. The zero-order valence-corrected chi connectivity index (χ0v) is 7.28. The summed E-state index contributed by atoms with van der Waals surface area (Å²) in [6.07, 6.45) is 2.36. The van der Waals surface area contributed by atoms with E-state index in [1.807, 2.05) is 19.1 Å². The minimum Gasteiger partial charge on any atom is -0.411 e. The van der Waals surface area contributed by atoms with Gasteiger partial charge in [-0.25, -0.2) is 0 Å². The number of pyridine rings is 1. The van der Waals surface area contributed by atoms with E-state index in [1.165, 1.54) is 0 Å². The molecular formula is C9H12N2O. The van der Waals surface area contributed by atoms with Crippen LogP contribution in [0, 0.1) is 6.92 Å². The molecule has 1 N–H and O–H groups in total. The molecule has 0 bridgehead atoms. The Bertz CT molecular complexity index is 294. The van der Waals surface area contributed by atoms with Gasteiger partial charge in [0, 0.05) is 18.3 Å². The average molecular weight is 164 g/mol. The lowest BCUT2D eigenvalue weighted by Gasteiger charge is -2.01. The average Bonchev–Trinajstić information content (AvgIpc) is 2.09. The van der Waals surface area contributed by atoms with Gasteiger partial charge in [0.15, 0.2) is 0 Å². The van der Waals surface area contributed by atoms with Crippen molar-refractivity contribution < 1.29 is 5.21 Å². The molecule has 0 aliphatic carbocycles. The zero-order valence-electron chi connectivity index (χ0n) is 7.28. The molecule has 12 heavy (non-hydrogen) atoms. The Balaban J connectivity index is 2.82. The lowest BCUT2D eigenvalue weighted by Crippen LogP contribution is -2.01. The number of aromatic nitrogens is 1. The standard InChI is InChI=1S/C9H12N2O/c1-7-4-3-5-10-9(7)6-8(2)11-12/h3-5,12H,6H2,1-2H3. The molecule has 0 spiro atoms. The third-order valence-electron chi connectivity index (χ3n) is 1.71. The Morgan fingerprint density at radius 2 is 2.42 bits per heavy atom. The Kier molecular flexibility index (Phi) is 2.80. The maximum absolute atomic E-state index is 8.45. The van der Waals surface area contributed by atoms with Crippen molar-refractivity contribution in [3.63, 3.8) is 0 Å². The summed E-state index contributed by atoms with van der Waals surface area (Å²) in [6, 6.07) is 3.89. The Labute approximate surface area is 71.8 Å². The van der Waals surface area contributed by atoms with E-state index in [1.54, 1.807) is 13.1 Å². The number of hydrogen-bond acceptors (Lipinski definition) is 3. The van der Waals surface area contributed by atoms with Gasteiger partial charge < -0.3 is 5.21 Å². The van der Waals surface area contributed by atoms with Crippen LogP contribution in [-0.2, 0) is 6.42 Å². The van der Waals surface area contributed by atoms with E-state index in [2.05, 4.69) is 10.1 Å². The van der Waals surface area contributed by atoms with Crippen molar-refractivity contribution in [1.29, 1.82) is 0 Å². The van der Waals surface area contributed by atoms with Crippen LogP contribution in [0.15, 0.2) is 23.5 Å².